The van der Waals surface area contributed by atoms with E-state index in [4.69, 9.17) is 4.74 Å². The molecule has 0 aliphatic heterocycles. The standard InChI is InChI=1S/C38H51BrO3/c1-23(2)27-15-18-38(33(41)42-8)20-19-36(6)28(31(27)38)13-14-30-35(5)22-25(21-24-9-11-26(39)12-10-24)32(40)34(3,4)29(35)16-17-37(30,36)7/h9-12,21,27-31H,1,13-20,22H2,2-8H3/t27-,28+,29-,30+,31+,35+,36-,37-,38-/m1/s1. The summed E-state index contributed by atoms with van der Waals surface area (Å²) in [5.41, 5.74) is 2.98. The molecule has 0 heterocycles. The van der Waals surface area contributed by atoms with E-state index in [0.29, 0.717) is 35.4 Å². The molecule has 0 amide bonds. The lowest BCUT2D eigenvalue weighted by atomic mass is 9.32. The van der Waals surface area contributed by atoms with Gasteiger partial charge in [-0.3, -0.25) is 9.59 Å². The third-order valence-electron chi connectivity index (χ3n) is 14.5. The monoisotopic (exact) mass is 634 g/mol. The summed E-state index contributed by atoms with van der Waals surface area (Å²) in [5.74, 6) is 2.50. The molecule has 0 radical (unpaired) electrons. The number of ether oxygens (including phenoxy) is 1. The fourth-order valence-corrected chi connectivity index (χ4v) is 12.7. The van der Waals surface area contributed by atoms with Crippen molar-refractivity contribution in [1.82, 2.24) is 0 Å². The van der Waals surface area contributed by atoms with Crippen LogP contribution in [0.2, 0.25) is 0 Å². The summed E-state index contributed by atoms with van der Waals surface area (Å²) in [4.78, 5) is 27.6. The highest BCUT2D eigenvalue weighted by molar-refractivity contribution is 9.10. The molecule has 0 aromatic heterocycles. The first-order valence-corrected chi connectivity index (χ1v) is 17.2. The molecule has 1 aromatic carbocycles. The van der Waals surface area contributed by atoms with Gasteiger partial charge in [0.2, 0.25) is 0 Å². The molecule has 228 valence electrons. The van der Waals surface area contributed by atoms with Gasteiger partial charge in [-0.2, -0.15) is 0 Å². The largest absolute Gasteiger partial charge is 0.469 e. The van der Waals surface area contributed by atoms with Crippen LogP contribution >= 0.6 is 15.9 Å². The fraction of sp³-hybridized carbons (Fsp3) is 0.684. The second-order valence-electron chi connectivity index (χ2n) is 16.3. The molecule has 42 heavy (non-hydrogen) atoms. The first-order chi connectivity index (χ1) is 19.7. The van der Waals surface area contributed by atoms with E-state index in [-0.39, 0.29) is 33.0 Å². The number of benzene rings is 1. The van der Waals surface area contributed by atoms with Crippen LogP contribution in [0.15, 0.2) is 46.5 Å². The lowest BCUT2D eigenvalue weighted by Gasteiger charge is -2.72. The fourth-order valence-electron chi connectivity index (χ4n) is 12.4. The van der Waals surface area contributed by atoms with E-state index in [1.54, 1.807) is 7.11 Å². The Morgan fingerprint density at radius 1 is 0.929 bits per heavy atom. The van der Waals surface area contributed by atoms with Gasteiger partial charge in [0, 0.05) is 9.89 Å². The van der Waals surface area contributed by atoms with Crippen molar-refractivity contribution in [2.75, 3.05) is 7.11 Å². The quantitative estimate of drug-likeness (QED) is 0.189. The molecule has 5 aliphatic carbocycles. The van der Waals surface area contributed by atoms with E-state index in [1.165, 1.54) is 18.4 Å². The predicted octanol–water partition coefficient (Wildman–Crippen LogP) is 9.84. The highest BCUT2D eigenvalue weighted by atomic mass is 79.9. The SMILES string of the molecule is C=C(C)[C@H]1CC[C@@]2(C(=O)OC)CC[C@]3(C)[C@@H](CC[C@H]4[C@@]5(C)CC(=Cc6ccc(Br)cc6)C(=O)C(C)(C)[C@H]5CC[C@]43C)[C@H]12. The second kappa shape index (κ2) is 9.91. The van der Waals surface area contributed by atoms with Crippen LogP contribution < -0.4 is 0 Å². The highest BCUT2D eigenvalue weighted by Crippen LogP contribution is 2.77. The molecule has 5 fully saturated rings. The summed E-state index contributed by atoms with van der Waals surface area (Å²) in [7, 11) is 1.59. The normalized spacial score (nSPS) is 44.9. The molecule has 4 heteroatoms. The number of esters is 1. The van der Waals surface area contributed by atoms with Crippen LogP contribution in [-0.4, -0.2) is 18.9 Å². The van der Waals surface area contributed by atoms with E-state index >= 15 is 0 Å². The Morgan fingerprint density at radius 2 is 1.62 bits per heavy atom. The van der Waals surface area contributed by atoms with Crippen LogP contribution in [0, 0.1) is 56.7 Å². The van der Waals surface area contributed by atoms with Crippen molar-refractivity contribution < 1.29 is 14.3 Å². The van der Waals surface area contributed by atoms with Crippen molar-refractivity contribution in [1.29, 1.82) is 0 Å². The van der Waals surface area contributed by atoms with E-state index < -0.39 is 0 Å². The van der Waals surface area contributed by atoms with Crippen molar-refractivity contribution in [3.05, 3.63) is 52.0 Å². The molecule has 6 rings (SSSR count). The molecule has 5 saturated carbocycles. The zero-order valence-corrected chi connectivity index (χ0v) is 28.5. The zero-order valence-electron chi connectivity index (χ0n) is 26.9. The van der Waals surface area contributed by atoms with Gasteiger partial charge in [0.15, 0.2) is 5.78 Å². The Bertz CT molecular complexity index is 1340. The number of rotatable bonds is 3. The van der Waals surface area contributed by atoms with Crippen LogP contribution in [0.1, 0.15) is 105 Å². The van der Waals surface area contributed by atoms with Gasteiger partial charge in [0.1, 0.15) is 0 Å². The van der Waals surface area contributed by atoms with Gasteiger partial charge in [-0.1, -0.05) is 74.8 Å². The Balaban J connectivity index is 1.41. The maximum atomic E-state index is 14.1. The summed E-state index contributed by atoms with van der Waals surface area (Å²) >= 11 is 3.56. The van der Waals surface area contributed by atoms with Gasteiger partial charge in [-0.15, -0.1) is 0 Å². The van der Waals surface area contributed by atoms with Gasteiger partial charge in [0.05, 0.1) is 12.5 Å². The molecule has 3 nitrogen and oxygen atoms in total. The third-order valence-corrected chi connectivity index (χ3v) is 15.0. The number of Topliss-reactive ketones (excluding diaryl/α,β-unsaturated/α-hetero) is 1. The van der Waals surface area contributed by atoms with E-state index in [0.717, 1.165) is 60.6 Å². The highest BCUT2D eigenvalue weighted by Gasteiger charge is 2.72. The summed E-state index contributed by atoms with van der Waals surface area (Å²) in [5, 5.41) is 0. The number of ketones is 1. The lowest BCUT2D eigenvalue weighted by Crippen LogP contribution is -2.67. The van der Waals surface area contributed by atoms with Crippen LogP contribution in [0.5, 0.6) is 0 Å². The smallest absolute Gasteiger partial charge is 0.312 e. The Labute approximate surface area is 262 Å². The van der Waals surface area contributed by atoms with Crippen LogP contribution in [-0.2, 0) is 14.3 Å². The van der Waals surface area contributed by atoms with Crippen LogP contribution in [0.3, 0.4) is 0 Å². The third kappa shape index (κ3) is 3.94. The summed E-state index contributed by atoms with van der Waals surface area (Å²) in [6, 6.07) is 8.35. The van der Waals surface area contributed by atoms with Crippen molar-refractivity contribution in [2.45, 2.75) is 99.3 Å². The topological polar surface area (TPSA) is 43.4 Å². The number of fused-ring (bicyclic) bond motifs is 7. The van der Waals surface area contributed by atoms with E-state index in [9.17, 15) is 9.59 Å². The van der Waals surface area contributed by atoms with Gasteiger partial charge in [-0.25, -0.2) is 0 Å². The number of carbonyl (C=O) groups is 2. The molecule has 1 aromatic rings. The first kappa shape index (κ1) is 30.4. The molecule has 0 spiro atoms. The molecule has 0 saturated heterocycles. The van der Waals surface area contributed by atoms with E-state index in [1.807, 2.05) is 0 Å². The van der Waals surface area contributed by atoms with Crippen molar-refractivity contribution >= 4 is 33.8 Å². The lowest BCUT2D eigenvalue weighted by molar-refractivity contribution is -0.232. The maximum Gasteiger partial charge on any atom is 0.312 e. The van der Waals surface area contributed by atoms with Crippen LogP contribution in [0.25, 0.3) is 6.08 Å². The average Bonchev–Trinajstić information content (AvgIpc) is 3.34. The number of hydrogen-bond acceptors (Lipinski definition) is 3. The molecule has 5 aliphatic rings. The number of carbonyl (C=O) groups excluding carboxylic acids is 2. The number of hydrogen-bond donors (Lipinski definition) is 0. The minimum atomic E-state index is -0.379. The van der Waals surface area contributed by atoms with Gasteiger partial charge >= 0.3 is 5.97 Å². The average molecular weight is 636 g/mol. The number of halogens is 1. The van der Waals surface area contributed by atoms with Gasteiger partial charge in [-0.05, 0) is 140 Å². The zero-order chi connectivity index (χ0) is 30.5. The second-order valence-corrected chi connectivity index (χ2v) is 17.2. The summed E-state index contributed by atoms with van der Waals surface area (Å²) < 4.78 is 6.60. The van der Waals surface area contributed by atoms with E-state index in [2.05, 4.69) is 94.4 Å². The van der Waals surface area contributed by atoms with Crippen molar-refractivity contribution in [3.8, 4) is 0 Å². The molecule has 0 unspecified atom stereocenters. The predicted molar refractivity (Wildman–Crippen MR) is 173 cm³/mol. The Kier molecular flexibility index (Phi) is 7.16. The Morgan fingerprint density at radius 3 is 2.26 bits per heavy atom. The molecular formula is C38H51BrO3. The van der Waals surface area contributed by atoms with Gasteiger partial charge < -0.3 is 4.74 Å². The van der Waals surface area contributed by atoms with Crippen LogP contribution in [0.4, 0.5) is 0 Å². The Hall–Kier alpha value is -1.68. The number of methoxy groups -OCH3 is 1. The molecule has 9 atom stereocenters. The number of allylic oxidation sites excluding steroid dienone is 2. The summed E-state index contributed by atoms with van der Waals surface area (Å²) in [6.07, 6.45) is 11.7. The van der Waals surface area contributed by atoms with Crippen molar-refractivity contribution in [3.63, 3.8) is 0 Å². The van der Waals surface area contributed by atoms with Gasteiger partial charge in [0.25, 0.3) is 0 Å². The minimum absolute atomic E-state index is 0.0245. The maximum absolute atomic E-state index is 14.1. The first-order valence-electron chi connectivity index (χ1n) is 16.4. The molecular weight excluding hydrogens is 584 g/mol. The molecule has 0 bridgehead atoms. The minimum Gasteiger partial charge on any atom is -0.469 e. The molecule has 0 N–H and O–H groups in total. The van der Waals surface area contributed by atoms with Crippen molar-refractivity contribution in [2.24, 2.45) is 56.7 Å². The summed E-state index contributed by atoms with van der Waals surface area (Å²) in [6.45, 7) is 18.8.